The zero-order valence-corrected chi connectivity index (χ0v) is 18.8. The van der Waals surface area contributed by atoms with E-state index in [1.807, 2.05) is 97.1 Å². The quantitative estimate of drug-likeness (QED) is 0.251. The molecule has 8 aromatic rings. The normalized spacial score (nSPS) is 10.9. The van der Waals surface area contributed by atoms with E-state index in [9.17, 15) is 0 Å². The molecule has 0 saturated carbocycles. The fourth-order valence-corrected chi connectivity index (χ4v) is 4.14. The summed E-state index contributed by atoms with van der Waals surface area (Å²) < 4.78 is 11.3. The topological polar surface area (TPSA) is 67.8 Å². The van der Waals surface area contributed by atoms with E-state index in [1.165, 1.54) is 21.5 Å². The summed E-state index contributed by atoms with van der Waals surface area (Å²) in [5.74, 6) is 0. The Morgan fingerprint density at radius 1 is 0.371 bits per heavy atom. The maximum absolute atomic E-state index is 5.65. The molecule has 0 saturated heterocycles. The summed E-state index contributed by atoms with van der Waals surface area (Å²) in [4.78, 5) is 0. The number of H-pyrrole nitrogens is 1. The molecule has 5 nitrogen and oxygen atoms in total. The Labute approximate surface area is 200 Å². The maximum atomic E-state index is 5.65. The van der Waals surface area contributed by atoms with Crippen molar-refractivity contribution in [1.82, 2.24) is 15.4 Å². The molecule has 0 unspecified atom stereocenters. The minimum atomic E-state index is 0.914. The number of nitrogens with zero attached hydrogens (tertiary/aromatic N) is 2. The fraction of sp³-hybridized carbons (Fsp3) is 0. The van der Waals surface area contributed by atoms with Crippen molar-refractivity contribution < 1.29 is 8.83 Å². The molecule has 0 radical (unpaired) electrons. The van der Waals surface area contributed by atoms with Crippen molar-refractivity contribution in [2.75, 3.05) is 0 Å². The third kappa shape index (κ3) is 4.11. The molecule has 8 rings (SSSR count). The van der Waals surface area contributed by atoms with Gasteiger partial charge in [-0.05, 0) is 36.4 Å². The van der Waals surface area contributed by atoms with Gasteiger partial charge < -0.3 is 8.83 Å². The predicted molar refractivity (Wildman–Crippen MR) is 141 cm³/mol. The first-order valence-electron chi connectivity index (χ1n) is 11.3. The SMILES string of the molecule is c1ccc2c(c1)oc1ccccc12.c1ccc2c(c1)oc1ccccc12.c1ccc2n[nH]nc2c1. The Morgan fingerprint density at radius 3 is 1.00 bits per heavy atom. The van der Waals surface area contributed by atoms with Gasteiger partial charge >= 0.3 is 0 Å². The van der Waals surface area contributed by atoms with Gasteiger partial charge in [-0.15, -0.1) is 0 Å². The standard InChI is InChI=1S/2C12H8O.C6H5N3/c2*1-3-7-11-9(5-1)10-6-2-4-8-12(10)13-11;1-2-4-6-5(3-1)7-9-8-6/h2*1-8H;1-4H,(H,7,8,9). The lowest BCUT2D eigenvalue weighted by molar-refractivity contribution is 0.668. The molecule has 0 fully saturated rings. The second kappa shape index (κ2) is 9.15. The van der Waals surface area contributed by atoms with Crippen molar-refractivity contribution in [2.24, 2.45) is 0 Å². The summed E-state index contributed by atoms with van der Waals surface area (Å²) in [5, 5.41) is 15.1. The molecule has 35 heavy (non-hydrogen) atoms. The highest BCUT2D eigenvalue weighted by Gasteiger charge is 2.04. The number of hydrogen-bond donors (Lipinski definition) is 1. The van der Waals surface area contributed by atoms with Crippen LogP contribution in [0.25, 0.3) is 54.9 Å². The lowest BCUT2D eigenvalue weighted by atomic mass is 10.2. The third-order valence-electron chi connectivity index (χ3n) is 5.79. The van der Waals surface area contributed by atoms with E-state index in [-0.39, 0.29) is 0 Å². The van der Waals surface area contributed by atoms with Crippen molar-refractivity contribution in [2.45, 2.75) is 0 Å². The first-order valence-corrected chi connectivity index (χ1v) is 11.3. The van der Waals surface area contributed by atoms with E-state index in [0.717, 1.165) is 33.4 Å². The van der Waals surface area contributed by atoms with Crippen LogP contribution in [-0.4, -0.2) is 15.4 Å². The smallest absolute Gasteiger partial charge is 0.135 e. The van der Waals surface area contributed by atoms with E-state index in [2.05, 4.69) is 39.7 Å². The molecular weight excluding hydrogens is 434 g/mol. The van der Waals surface area contributed by atoms with Crippen LogP contribution in [-0.2, 0) is 0 Å². The second-order valence-corrected chi connectivity index (χ2v) is 8.00. The Bertz CT molecular complexity index is 1640. The lowest BCUT2D eigenvalue weighted by Gasteiger charge is -1.85. The highest BCUT2D eigenvalue weighted by Crippen LogP contribution is 2.28. The Hall–Kier alpha value is -4.90. The largest absolute Gasteiger partial charge is 0.456 e. The van der Waals surface area contributed by atoms with Gasteiger partial charge in [-0.3, -0.25) is 0 Å². The van der Waals surface area contributed by atoms with Gasteiger partial charge in [0, 0.05) is 21.5 Å². The average Bonchev–Trinajstić information content (AvgIpc) is 3.64. The highest BCUT2D eigenvalue weighted by molar-refractivity contribution is 6.05. The van der Waals surface area contributed by atoms with Gasteiger partial charge in [0.05, 0.1) is 0 Å². The molecule has 168 valence electrons. The van der Waals surface area contributed by atoms with Crippen LogP contribution in [0.5, 0.6) is 0 Å². The fourth-order valence-electron chi connectivity index (χ4n) is 4.14. The number of aromatic nitrogens is 3. The van der Waals surface area contributed by atoms with Crippen molar-refractivity contribution in [3.8, 4) is 0 Å². The minimum Gasteiger partial charge on any atom is -0.456 e. The zero-order valence-electron chi connectivity index (χ0n) is 18.8. The molecule has 3 heterocycles. The summed E-state index contributed by atoms with van der Waals surface area (Å²) in [6.07, 6.45) is 0. The van der Waals surface area contributed by atoms with Gasteiger partial charge in [0.25, 0.3) is 0 Å². The number of aromatic amines is 1. The van der Waals surface area contributed by atoms with Crippen LogP contribution in [0.4, 0.5) is 0 Å². The number of nitrogens with one attached hydrogen (secondary N) is 1. The average molecular weight is 456 g/mol. The van der Waals surface area contributed by atoms with E-state index >= 15 is 0 Å². The number of fused-ring (bicyclic) bond motifs is 7. The van der Waals surface area contributed by atoms with E-state index in [1.54, 1.807) is 0 Å². The van der Waals surface area contributed by atoms with Crippen molar-refractivity contribution in [1.29, 1.82) is 0 Å². The molecule has 3 aromatic heterocycles. The summed E-state index contributed by atoms with van der Waals surface area (Å²) >= 11 is 0. The Balaban J connectivity index is 0.0000000999. The van der Waals surface area contributed by atoms with Crippen LogP contribution in [0.2, 0.25) is 0 Å². The lowest BCUT2D eigenvalue weighted by Crippen LogP contribution is -1.63. The molecule has 0 amide bonds. The Morgan fingerprint density at radius 2 is 0.657 bits per heavy atom. The molecule has 0 spiro atoms. The van der Waals surface area contributed by atoms with Gasteiger partial charge in [0.2, 0.25) is 0 Å². The molecule has 5 heteroatoms. The second-order valence-electron chi connectivity index (χ2n) is 8.00. The first-order chi connectivity index (χ1) is 17.4. The molecule has 0 aliphatic carbocycles. The third-order valence-corrected chi connectivity index (χ3v) is 5.79. The number of furan rings is 2. The van der Waals surface area contributed by atoms with Gasteiger partial charge in [-0.1, -0.05) is 84.9 Å². The van der Waals surface area contributed by atoms with E-state index < -0.39 is 0 Å². The van der Waals surface area contributed by atoms with Crippen molar-refractivity contribution in [3.05, 3.63) is 121 Å². The monoisotopic (exact) mass is 455 g/mol. The van der Waals surface area contributed by atoms with E-state index in [0.29, 0.717) is 0 Å². The zero-order chi connectivity index (χ0) is 23.5. The molecule has 0 atom stereocenters. The summed E-state index contributed by atoms with van der Waals surface area (Å²) in [7, 11) is 0. The van der Waals surface area contributed by atoms with Crippen LogP contribution < -0.4 is 0 Å². The number of hydrogen-bond acceptors (Lipinski definition) is 4. The minimum absolute atomic E-state index is 0.914. The molecule has 0 aliphatic rings. The van der Waals surface area contributed by atoms with Gasteiger partial charge in [-0.25, -0.2) is 0 Å². The molecule has 1 N–H and O–H groups in total. The van der Waals surface area contributed by atoms with Crippen LogP contribution in [0.15, 0.2) is 130 Å². The summed E-state index contributed by atoms with van der Waals surface area (Å²) in [6.45, 7) is 0. The molecule has 0 bridgehead atoms. The summed E-state index contributed by atoms with van der Waals surface area (Å²) in [5.41, 5.74) is 5.68. The van der Waals surface area contributed by atoms with Gasteiger partial charge in [0.15, 0.2) is 0 Å². The molecule has 5 aromatic carbocycles. The molecular formula is C30H21N3O2. The maximum Gasteiger partial charge on any atom is 0.135 e. The van der Waals surface area contributed by atoms with Crippen LogP contribution in [0, 0.1) is 0 Å². The number of para-hydroxylation sites is 6. The highest BCUT2D eigenvalue weighted by atomic mass is 16.3. The van der Waals surface area contributed by atoms with Crippen molar-refractivity contribution in [3.63, 3.8) is 0 Å². The van der Waals surface area contributed by atoms with Crippen molar-refractivity contribution >= 4 is 54.9 Å². The van der Waals surface area contributed by atoms with E-state index in [4.69, 9.17) is 8.83 Å². The number of rotatable bonds is 0. The predicted octanol–water partition coefficient (Wildman–Crippen LogP) is 8.13. The number of benzene rings is 5. The van der Waals surface area contributed by atoms with Gasteiger partial charge in [0.1, 0.15) is 33.4 Å². The Kier molecular flexibility index (Phi) is 5.41. The van der Waals surface area contributed by atoms with Crippen LogP contribution >= 0.6 is 0 Å². The molecule has 0 aliphatic heterocycles. The summed E-state index contributed by atoms with van der Waals surface area (Å²) in [6, 6.07) is 40.1. The first kappa shape index (κ1) is 20.7. The van der Waals surface area contributed by atoms with Crippen LogP contribution in [0.3, 0.4) is 0 Å². The van der Waals surface area contributed by atoms with Gasteiger partial charge in [-0.2, -0.15) is 15.4 Å². The van der Waals surface area contributed by atoms with Crippen LogP contribution in [0.1, 0.15) is 0 Å².